The lowest BCUT2D eigenvalue weighted by Crippen LogP contribution is -2.40. The molecule has 0 spiro atoms. The van der Waals surface area contributed by atoms with E-state index in [1.54, 1.807) is 37.7 Å². The number of thiazole rings is 1. The van der Waals surface area contributed by atoms with Crippen LogP contribution in [0.15, 0.2) is 92.3 Å². The number of fused-ring (bicyclic) bond motifs is 1. The molecule has 2 heterocycles. The first-order chi connectivity index (χ1) is 20.8. The third-order valence-corrected chi connectivity index (χ3v) is 8.47. The minimum absolute atomic E-state index is 0.184. The van der Waals surface area contributed by atoms with E-state index in [9.17, 15) is 9.59 Å². The number of nitrogens with zero attached hydrogens (tertiary/aromatic N) is 2. The molecule has 0 aliphatic carbocycles. The summed E-state index contributed by atoms with van der Waals surface area (Å²) in [7, 11) is 1.55. The van der Waals surface area contributed by atoms with Gasteiger partial charge in [0.15, 0.2) is 16.3 Å². The third kappa shape index (κ3) is 6.45. The first-order valence-electron chi connectivity index (χ1n) is 13.8. The fraction of sp³-hybridized carbons (Fsp3) is 0.242. The maximum atomic E-state index is 14.1. The fourth-order valence-corrected chi connectivity index (χ4v) is 6.45. The van der Waals surface area contributed by atoms with E-state index in [0.717, 1.165) is 11.1 Å². The van der Waals surface area contributed by atoms with E-state index >= 15 is 0 Å². The zero-order chi connectivity index (χ0) is 30.5. The van der Waals surface area contributed by atoms with Gasteiger partial charge < -0.3 is 18.9 Å². The van der Waals surface area contributed by atoms with Crippen LogP contribution in [0.25, 0.3) is 6.08 Å². The van der Waals surface area contributed by atoms with Gasteiger partial charge in [-0.3, -0.25) is 9.36 Å². The van der Waals surface area contributed by atoms with Gasteiger partial charge >= 0.3 is 5.97 Å². The SMILES string of the molecule is CCOC(=O)C1=C(C)N=c2s/c(=C/c3cccc(OCc4ccccc4)c3)c(=O)n2[C@H]1c1cc(OC)c(OCC)cc1Br. The summed E-state index contributed by atoms with van der Waals surface area (Å²) < 4.78 is 25.4. The minimum atomic E-state index is -0.808. The molecule has 0 saturated carbocycles. The molecule has 4 aromatic rings. The number of allylic oxidation sites excluding steroid dienone is 1. The molecule has 1 aliphatic rings. The highest BCUT2D eigenvalue weighted by atomic mass is 79.9. The van der Waals surface area contributed by atoms with Crippen molar-refractivity contribution in [3.05, 3.63) is 119 Å². The Morgan fingerprint density at radius 1 is 1.02 bits per heavy atom. The summed E-state index contributed by atoms with van der Waals surface area (Å²) in [5.74, 6) is 1.17. The third-order valence-electron chi connectivity index (χ3n) is 6.80. The highest BCUT2D eigenvalue weighted by molar-refractivity contribution is 9.10. The van der Waals surface area contributed by atoms with E-state index in [1.807, 2.05) is 67.6 Å². The molecule has 0 saturated heterocycles. The molecule has 0 radical (unpaired) electrons. The molecule has 0 N–H and O–H groups in total. The highest BCUT2D eigenvalue weighted by Crippen LogP contribution is 2.41. The van der Waals surface area contributed by atoms with Crippen LogP contribution >= 0.6 is 27.3 Å². The van der Waals surface area contributed by atoms with Gasteiger partial charge in [0.25, 0.3) is 5.56 Å². The number of carbonyl (C=O) groups excluding carboxylic acids is 1. The van der Waals surface area contributed by atoms with Crippen molar-refractivity contribution < 1.29 is 23.7 Å². The summed E-state index contributed by atoms with van der Waals surface area (Å²) >= 11 is 4.91. The second kappa shape index (κ2) is 13.4. The van der Waals surface area contributed by atoms with Crippen LogP contribution in [0.1, 0.15) is 43.5 Å². The molecular weight excluding hydrogens is 632 g/mol. The van der Waals surface area contributed by atoms with Gasteiger partial charge in [-0.2, -0.15) is 0 Å². The summed E-state index contributed by atoms with van der Waals surface area (Å²) in [6.45, 7) is 6.44. The zero-order valence-electron chi connectivity index (χ0n) is 24.3. The molecule has 8 nitrogen and oxygen atoms in total. The summed E-state index contributed by atoms with van der Waals surface area (Å²) in [5, 5.41) is 0. The Kier molecular flexibility index (Phi) is 9.47. The fourth-order valence-electron chi connectivity index (χ4n) is 4.86. The molecule has 0 unspecified atom stereocenters. The molecular formula is C33H31BrN2O6S. The molecule has 5 rings (SSSR count). The van der Waals surface area contributed by atoms with Crippen molar-refractivity contribution in [2.45, 2.75) is 33.4 Å². The molecule has 0 bridgehead atoms. The lowest BCUT2D eigenvalue weighted by atomic mass is 9.95. The Bertz CT molecular complexity index is 1860. The van der Waals surface area contributed by atoms with Crippen molar-refractivity contribution in [1.82, 2.24) is 4.57 Å². The van der Waals surface area contributed by atoms with Crippen LogP contribution < -0.4 is 29.1 Å². The predicted octanol–water partition coefficient (Wildman–Crippen LogP) is 5.55. The molecule has 1 atom stereocenters. The standard InChI is InChI=1S/C33H31BrN2O6S/c1-5-40-27-18-25(34)24(17-26(27)39-4)30-29(32(38)41-6-2)20(3)35-33-36(30)31(37)28(43-33)16-22-13-10-14-23(15-22)42-19-21-11-8-7-9-12-21/h7-18,30H,5-6,19H2,1-4H3/b28-16+/t30-/m0/s1. The van der Waals surface area contributed by atoms with Crippen LogP contribution in [0.5, 0.6) is 17.2 Å². The minimum Gasteiger partial charge on any atom is -0.493 e. The average Bonchev–Trinajstić information content (AvgIpc) is 3.30. The maximum Gasteiger partial charge on any atom is 0.338 e. The molecule has 3 aromatic carbocycles. The van der Waals surface area contributed by atoms with Gasteiger partial charge in [-0.25, -0.2) is 9.79 Å². The zero-order valence-corrected chi connectivity index (χ0v) is 26.7. The van der Waals surface area contributed by atoms with E-state index < -0.39 is 12.0 Å². The number of rotatable bonds is 10. The normalized spacial score (nSPS) is 14.6. The van der Waals surface area contributed by atoms with Crippen LogP contribution in [-0.4, -0.2) is 30.9 Å². The lowest BCUT2D eigenvalue weighted by molar-refractivity contribution is -0.139. The van der Waals surface area contributed by atoms with Crippen molar-refractivity contribution in [2.24, 2.45) is 4.99 Å². The second-order valence-corrected chi connectivity index (χ2v) is 11.5. The monoisotopic (exact) mass is 662 g/mol. The van der Waals surface area contributed by atoms with Crippen molar-refractivity contribution >= 4 is 39.3 Å². The van der Waals surface area contributed by atoms with E-state index in [0.29, 0.717) is 55.5 Å². The Morgan fingerprint density at radius 3 is 2.53 bits per heavy atom. The van der Waals surface area contributed by atoms with Crippen molar-refractivity contribution in [3.63, 3.8) is 0 Å². The number of benzene rings is 3. The largest absolute Gasteiger partial charge is 0.493 e. The lowest BCUT2D eigenvalue weighted by Gasteiger charge is -2.26. The van der Waals surface area contributed by atoms with E-state index in [2.05, 4.69) is 20.9 Å². The van der Waals surface area contributed by atoms with Crippen LogP contribution in [-0.2, 0) is 16.1 Å². The van der Waals surface area contributed by atoms with Gasteiger partial charge in [-0.1, -0.05) is 69.7 Å². The topological polar surface area (TPSA) is 88.4 Å². The first kappa shape index (κ1) is 30.3. The number of hydrogen-bond acceptors (Lipinski definition) is 8. The Labute approximate surface area is 261 Å². The van der Waals surface area contributed by atoms with Gasteiger partial charge in [0, 0.05) is 4.47 Å². The van der Waals surface area contributed by atoms with Crippen LogP contribution in [0, 0.1) is 0 Å². The van der Waals surface area contributed by atoms with Crippen molar-refractivity contribution in [1.29, 1.82) is 0 Å². The smallest absolute Gasteiger partial charge is 0.338 e. The summed E-state index contributed by atoms with van der Waals surface area (Å²) in [6, 6.07) is 20.2. The molecule has 222 valence electrons. The van der Waals surface area contributed by atoms with Gasteiger partial charge in [0.1, 0.15) is 12.4 Å². The van der Waals surface area contributed by atoms with E-state index in [1.165, 1.54) is 11.3 Å². The number of ether oxygens (including phenoxy) is 4. The van der Waals surface area contributed by atoms with Gasteiger partial charge in [-0.15, -0.1) is 0 Å². The number of aromatic nitrogens is 1. The molecule has 0 fully saturated rings. The second-order valence-electron chi connectivity index (χ2n) is 9.61. The van der Waals surface area contributed by atoms with E-state index in [4.69, 9.17) is 18.9 Å². The molecule has 1 aliphatic heterocycles. The van der Waals surface area contributed by atoms with Crippen LogP contribution in [0.2, 0.25) is 0 Å². The highest BCUT2D eigenvalue weighted by Gasteiger charge is 2.35. The summed E-state index contributed by atoms with van der Waals surface area (Å²) in [5.41, 5.74) is 2.99. The number of methoxy groups -OCH3 is 1. The van der Waals surface area contributed by atoms with Crippen LogP contribution in [0.4, 0.5) is 0 Å². The molecule has 1 aromatic heterocycles. The molecule has 43 heavy (non-hydrogen) atoms. The Morgan fingerprint density at radius 2 is 1.81 bits per heavy atom. The van der Waals surface area contributed by atoms with E-state index in [-0.39, 0.29) is 17.7 Å². The van der Waals surface area contributed by atoms with Gasteiger partial charge in [0.05, 0.1) is 42.2 Å². The van der Waals surface area contributed by atoms with Gasteiger partial charge in [-0.05, 0) is 67.8 Å². The van der Waals surface area contributed by atoms with Crippen molar-refractivity contribution in [3.8, 4) is 17.2 Å². The first-order valence-corrected chi connectivity index (χ1v) is 15.4. The number of esters is 1. The predicted molar refractivity (Wildman–Crippen MR) is 169 cm³/mol. The quantitative estimate of drug-likeness (QED) is 0.207. The number of halogens is 1. The Hall–Kier alpha value is -4.15. The number of hydrogen-bond donors (Lipinski definition) is 0. The van der Waals surface area contributed by atoms with Crippen molar-refractivity contribution in [2.75, 3.05) is 20.3 Å². The van der Waals surface area contributed by atoms with Crippen LogP contribution in [0.3, 0.4) is 0 Å². The van der Waals surface area contributed by atoms with Gasteiger partial charge in [0.2, 0.25) is 0 Å². The summed E-state index contributed by atoms with van der Waals surface area (Å²) in [6.07, 6.45) is 1.81. The molecule has 0 amide bonds. The average molecular weight is 664 g/mol. The maximum absolute atomic E-state index is 14.1. The number of carbonyl (C=O) groups is 1. The molecule has 10 heteroatoms. The summed E-state index contributed by atoms with van der Waals surface area (Å²) in [4.78, 5) is 32.5. The Balaban J connectivity index is 1.61.